The summed E-state index contributed by atoms with van der Waals surface area (Å²) in [6.45, 7) is 0. The van der Waals surface area contributed by atoms with Crippen molar-refractivity contribution in [2.75, 3.05) is 16.3 Å². The fraction of sp³-hybridized carbons (Fsp3) is 0.176. The summed E-state index contributed by atoms with van der Waals surface area (Å²) < 4.78 is 52.1. The zero-order chi connectivity index (χ0) is 20.5. The third-order valence-electron chi connectivity index (χ3n) is 3.82. The number of carbonyl (C=O) groups excluding carboxylic acids is 1. The highest BCUT2D eigenvalue weighted by Crippen LogP contribution is 2.38. The quantitative estimate of drug-likeness (QED) is 0.583. The number of alkyl halides is 3. The minimum absolute atomic E-state index is 0.196. The summed E-state index contributed by atoms with van der Waals surface area (Å²) >= 11 is 1.27. The van der Waals surface area contributed by atoms with Crippen LogP contribution in [0.25, 0.3) is 0 Å². The van der Waals surface area contributed by atoms with E-state index in [1.165, 1.54) is 36.0 Å². The average Bonchev–Trinajstić information content (AvgIpc) is 3.11. The fourth-order valence-corrected chi connectivity index (χ4v) is 3.54. The molecular weight excluding hydrogens is 402 g/mol. The molecule has 1 unspecified atom stereocenters. The van der Waals surface area contributed by atoms with Crippen LogP contribution in [0.3, 0.4) is 0 Å². The molecule has 1 heterocycles. The Morgan fingerprint density at radius 2 is 1.93 bits per heavy atom. The molecule has 0 saturated carbocycles. The number of thioether (sulfide) groups is 1. The number of nitrogens with zero attached hydrogens (tertiary/aromatic N) is 2. The van der Waals surface area contributed by atoms with Crippen molar-refractivity contribution in [1.29, 1.82) is 0 Å². The van der Waals surface area contributed by atoms with E-state index < -0.39 is 40.4 Å². The topological polar surface area (TPSA) is 88.0 Å². The number of hydrogen-bond acceptors (Lipinski definition) is 6. The molecule has 0 bridgehead atoms. The molecule has 1 aliphatic rings. The number of halogens is 4. The molecule has 2 aromatic carbocycles. The van der Waals surface area contributed by atoms with Crippen LogP contribution < -0.4 is 10.5 Å². The summed E-state index contributed by atoms with van der Waals surface area (Å²) in [5.74, 6) is -0.771. The van der Waals surface area contributed by atoms with Gasteiger partial charge in [-0.2, -0.15) is 13.2 Å². The predicted octanol–water partition coefficient (Wildman–Crippen LogP) is 4.04. The van der Waals surface area contributed by atoms with Crippen LogP contribution >= 0.6 is 11.8 Å². The molecule has 0 fully saturated rings. The fourth-order valence-electron chi connectivity index (χ4n) is 2.49. The molecule has 0 aliphatic carbocycles. The Labute approximate surface area is 160 Å². The maximum Gasteiger partial charge on any atom is 0.418 e. The summed E-state index contributed by atoms with van der Waals surface area (Å²) in [5, 5.41) is 21.7. The van der Waals surface area contributed by atoms with E-state index in [2.05, 4.69) is 10.3 Å². The van der Waals surface area contributed by atoms with E-state index in [-0.39, 0.29) is 11.4 Å². The second-order valence-corrected chi connectivity index (χ2v) is 6.77. The van der Waals surface area contributed by atoms with Crippen LogP contribution in [0.4, 0.5) is 28.9 Å². The van der Waals surface area contributed by atoms with Gasteiger partial charge in [0.1, 0.15) is 11.9 Å². The summed E-state index contributed by atoms with van der Waals surface area (Å²) in [6, 6.07) is 7.07. The second kappa shape index (κ2) is 7.78. The third-order valence-corrected chi connectivity index (χ3v) is 4.92. The average molecular weight is 414 g/mol. The van der Waals surface area contributed by atoms with Crippen LogP contribution in [0.2, 0.25) is 0 Å². The molecular formula is C17H12F4N3O3S-. The van der Waals surface area contributed by atoms with E-state index in [4.69, 9.17) is 5.21 Å². The van der Waals surface area contributed by atoms with Gasteiger partial charge in [0.2, 0.25) is 5.91 Å². The lowest BCUT2D eigenvalue weighted by Crippen LogP contribution is -2.26. The van der Waals surface area contributed by atoms with Crippen LogP contribution in [0.15, 0.2) is 47.5 Å². The first kappa shape index (κ1) is 20.1. The van der Waals surface area contributed by atoms with Gasteiger partial charge in [0.25, 0.3) is 0 Å². The van der Waals surface area contributed by atoms with Crippen LogP contribution in [0.1, 0.15) is 11.1 Å². The molecule has 3 rings (SSSR count). The van der Waals surface area contributed by atoms with Gasteiger partial charge in [0, 0.05) is 17.0 Å². The molecule has 1 aliphatic heterocycles. The normalized spacial score (nSPS) is 16.6. The molecule has 1 atom stereocenters. The molecule has 0 radical (unpaired) electrons. The second-order valence-electron chi connectivity index (χ2n) is 5.76. The number of rotatable bonds is 4. The minimum Gasteiger partial charge on any atom is -0.733 e. The van der Waals surface area contributed by atoms with Gasteiger partial charge in [-0.25, -0.2) is 4.39 Å². The Hall–Kier alpha value is -2.63. The van der Waals surface area contributed by atoms with E-state index in [9.17, 15) is 27.6 Å². The highest BCUT2D eigenvalue weighted by atomic mass is 32.2. The van der Waals surface area contributed by atoms with E-state index in [1.54, 1.807) is 0 Å². The SMILES string of the molecule is O=C(Nc1ccc(N([O-])O)c(C(F)(F)F)c1)C1CSC(c2ccc(F)cc2)=N1. The highest BCUT2D eigenvalue weighted by molar-refractivity contribution is 8.14. The molecule has 2 N–H and O–H groups in total. The lowest BCUT2D eigenvalue weighted by atomic mass is 10.1. The number of hydrogen-bond donors (Lipinski definition) is 2. The minimum atomic E-state index is -4.90. The summed E-state index contributed by atoms with van der Waals surface area (Å²) in [4.78, 5) is 16.6. The molecule has 0 spiro atoms. The summed E-state index contributed by atoms with van der Waals surface area (Å²) in [6.07, 6.45) is -4.90. The van der Waals surface area contributed by atoms with Crippen molar-refractivity contribution in [2.24, 2.45) is 4.99 Å². The van der Waals surface area contributed by atoms with Crippen LogP contribution in [-0.4, -0.2) is 28.0 Å². The van der Waals surface area contributed by atoms with Gasteiger partial charge < -0.3 is 15.8 Å². The van der Waals surface area contributed by atoms with Gasteiger partial charge in [-0.15, -0.1) is 11.8 Å². The molecule has 6 nitrogen and oxygen atoms in total. The van der Waals surface area contributed by atoms with Crippen molar-refractivity contribution < 1.29 is 27.6 Å². The number of nitrogens with one attached hydrogen (secondary N) is 1. The van der Waals surface area contributed by atoms with E-state index in [0.717, 1.165) is 12.1 Å². The van der Waals surface area contributed by atoms with Gasteiger partial charge in [-0.3, -0.25) is 15.0 Å². The van der Waals surface area contributed by atoms with Crippen molar-refractivity contribution >= 4 is 34.1 Å². The van der Waals surface area contributed by atoms with Gasteiger partial charge in [0.15, 0.2) is 0 Å². The Balaban J connectivity index is 1.77. The molecule has 1 amide bonds. The van der Waals surface area contributed by atoms with Crippen molar-refractivity contribution in [3.63, 3.8) is 0 Å². The Bertz CT molecular complexity index is 917. The first-order chi connectivity index (χ1) is 13.1. The van der Waals surface area contributed by atoms with Crippen molar-refractivity contribution in [3.05, 3.63) is 64.6 Å². The Morgan fingerprint density at radius 1 is 1.25 bits per heavy atom. The zero-order valence-corrected chi connectivity index (χ0v) is 14.7. The van der Waals surface area contributed by atoms with Crippen LogP contribution in [0.5, 0.6) is 0 Å². The summed E-state index contributed by atoms with van der Waals surface area (Å²) in [5.41, 5.74) is -1.94. The maximum absolute atomic E-state index is 13.1. The van der Waals surface area contributed by atoms with E-state index in [0.29, 0.717) is 16.7 Å². The molecule has 28 heavy (non-hydrogen) atoms. The molecule has 0 aromatic heterocycles. The first-order valence-corrected chi connectivity index (χ1v) is 8.78. The number of anilines is 2. The smallest absolute Gasteiger partial charge is 0.418 e. The number of carbonyl (C=O) groups is 1. The Morgan fingerprint density at radius 3 is 2.54 bits per heavy atom. The van der Waals surface area contributed by atoms with Gasteiger partial charge in [-0.1, -0.05) is 0 Å². The number of amides is 1. The van der Waals surface area contributed by atoms with Gasteiger partial charge >= 0.3 is 6.18 Å². The van der Waals surface area contributed by atoms with E-state index in [1.807, 2.05) is 0 Å². The highest BCUT2D eigenvalue weighted by Gasteiger charge is 2.34. The predicted molar refractivity (Wildman–Crippen MR) is 96.9 cm³/mol. The van der Waals surface area contributed by atoms with E-state index >= 15 is 0 Å². The monoisotopic (exact) mass is 414 g/mol. The zero-order valence-electron chi connectivity index (χ0n) is 13.9. The van der Waals surface area contributed by atoms with Crippen molar-refractivity contribution in [3.8, 4) is 0 Å². The largest absolute Gasteiger partial charge is 0.733 e. The molecule has 2 aromatic rings. The van der Waals surface area contributed by atoms with Crippen LogP contribution in [0, 0.1) is 11.0 Å². The lowest BCUT2D eigenvalue weighted by molar-refractivity contribution is -0.137. The Kier molecular flexibility index (Phi) is 5.59. The third kappa shape index (κ3) is 4.43. The maximum atomic E-state index is 13.1. The van der Waals surface area contributed by atoms with Crippen molar-refractivity contribution in [2.45, 2.75) is 12.2 Å². The molecule has 148 valence electrons. The summed E-state index contributed by atoms with van der Waals surface area (Å²) in [7, 11) is 0. The van der Waals surface area contributed by atoms with Crippen molar-refractivity contribution in [1.82, 2.24) is 0 Å². The number of aliphatic imine (C=N–C) groups is 1. The van der Waals surface area contributed by atoms with Gasteiger partial charge in [-0.05, 0) is 42.5 Å². The standard InChI is InChI=1S/C17H12F4N3O3S/c18-10-3-1-9(2-4-10)16-23-13(8-28-16)15(25)22-11-5-6-14(24(26)27)12(7-11)17(19,20)21/h1-7,13,26H,8H2,(H,22,25)/q-1. The van der Waals surface area contributed by atoms with Crippen LogP contribution in [-0.2, 0) is 11.0 Å². The molecule has 0 saturated heterocycles. The number of benzene rings is 2. The van der Waals surface area contributed by atoms with Gasteiger partial charge in [0.05, 0.1) is 16.3 Å². The molecule has 11 heteroatoms. The lowest BCUT2D eigenvalue weighted by Gasteiger charge is -2.26. The first-order valence-electron chi connectivity index (χ1n) is 7.80.